The highest BCUT2D eigenvalue weighted by molar-refractivity contribution is 5.48. The minimum atomic E-state index is 0.414. The first kappa shape index (κ1) is 6.04. The summed E-state index contributed by atoms with van der Waals surface area (Å²) in [5.74, 6) is 7.57. The Morgan fingerprint density at radius 2 is 2.10 bits per heavy atom. The second-order valence-electron chi connectivity index (χ2n) is 3.85. The molecule has 0 nitrogen and oxygen atoms in total. The second-order valence-corrected chi connectivity index (χ2v) is 3.85. The lowest BCUT2D eigenvalue weighted by Crippen LogP contribution is -1.87. The maximum atomic E-state index is 3.28. The Morgan fingerprint density at radius 1 is 1.40 bits per heavy atom. The molecule has 10 heavy (non-hydrogen) atoms. The van der Waals surface area contributed by atoms with Gasteiger partial charge in [0.1, 0.15) is 0 Å². The van der Waals surface area contributed by atoms with Crippen molar-refractivity contribution in [2.45, 2.75) is 20.8 Å². The van der Waals surface area contributed by atoms with E-state index in [1.165, 1.54) is 0 Å². The van der Waals surface area contributed by atoms with E-state index in [1.807, 2.05) is 0 Å². The van der Waals surface area contributed by atoms with Crippen LogP contribution < -0.4 is 0 Å². The summed E-state index contributed by atoms with van der Waals surface area (Å²) in [4.78, 5) is 0. The summed E-state index contributed by atoms with van der Waals surface area (Å²) in [6, 6.07) is 0. The van der Waals surface area contributed by atoms with Gasteiger partial charge < -0.3 is 0 Å². The molecule has 0 saturated heterocycles. The molecule has 0 radical (unpaired) electrons. The quantitative estimate of drug-likeness (QED) is 0.350. The summed E-state index contributed by atoms with van der Waals surface area (Å²) >= 11 is 0. The van der Waals surface area contributed by atoms with Crippen LogP contribution in [0.4, 0.5) is 0 Å². The average molecular weight is 132 g/mol. The Bertz CT molecular complexity index is 257. The fourth-order valence-electron chi connectivity index (χ4n) is 1.68. The SMILES string of the molecule is C[C@H]1C#C[C@H]2C(=C1)C2(C)C. The molecule has 0 aromatic heterocycles. The first-order valence-electron chi connectivity index (χ1n) is 3.85. The van der Waals surface area contributed by atoms with Gasteiger partial charge in [-0.05, 0) is 12.5 Å². The topological polar surface area (TPSA) is 0 Å². The highest BCUT2D eigenvalue weighted by Gasteiger charge is 2.52. The number of hydrogen-bond donors (Lipinski definition) is 0. The van der Waals surface area contributed by atoms with Crippen LogP contribution in [0.1, 0.15) is 20.8 Å². The first-order chi connectivity index (χ1) is 4.62. The summed E-state index contributed by atoms with van der Waals surface area (Å²) in [5.41, 5.74) is 1.98. The van der Waals surface area contributed by atoms with E-state index in [2.05, 4.69) is 38.7 Å². The van der Waals surface area contributed by atoms with Gasteiger partial charge in [-0.15, -0.1) is 0 Å². The zero-order valence-electron chi connectivity index (χ0n) is 6.73. The van der Waals surface area contributed by atoms with Gasteiger partial charge in [0.25, 0.3) is 0 Å². The molecule has 0 aromatic rings. The molecule has 0 N–H and O–H groups in total. The van der Waals surface area contributed by atoms with Crippen LogP contribution in [0.15, 0.2) is 11.6 Å². The van der Waals surface area contributed by atoms with Gasteiger partial charge >= 0.3 is 0 Å². The van der Waals surface area contributed by atoms with Crippen LogP contribution in [-0.4, -0.2) is 0 Å². The maximum absolute atomic E-state index is 3.28. The van der Waals surface area contributed by atoms with E-state index in [0.29, 0.717) is 17.3 Å². The van der Waals surface area contributed by atoms with Crippen molar-refractivity contribution in [1.82, 2.24) is 0 Å². The molecule has 0 spiro atoms. The number of rotatable bonds is 0. The summed E-state index contributed by atoms with van der Waals surface area (Å²) < 4.78 is 0. The van der Waals surface area contributed by atoms with Gasteiger partial charge in [0.15, 0.2) is 0 Å². The summed E-state index contributed by atoms with van der Waals surface area (Å²) in [6.45, 7) is 6.71. The van der Waals surface area contributed by atoms with Crippen molar-refractivity contribution < 1.29 is 0 Å². The monoisotopic (exact) mass is 132 g/mol. The molecular weight excluding hydrogens is 120 g/mol. The molecule has 1 fully saturated rings. The second kappa shape index (κ2) is 1.48. The van der Waals surface area contributed by atoms with Crippen molar-refractivity contribution in [3.05, 3.63) is 11.6 Å². The fraction of sp³-hybridized carbons (Fsp3) is 0.600. The molecule has 0 heteroatoms. The van der Waals surface area contributed by atoms with E-state index in [4.69, 9.17) is 0 Å². The van der Waals surface area contributed by atoms with E-state index >= 15 is 0 Å². The minimum absolute atomic E-state index is 0.414. The van der Waals surface area contributed by atoms with Crippen molar-refractivity contribution in [2.75, 3.05) is 0 Å². The highest BCUT2D eigenvalue weighted by atomic mass is 14.5. The van der Waals surface area contributed by atoms with Crippen molar-refractivity contribution in [3.63, 3.8) is 0 Å². The molecule has 52 valence electrons. The van der Waals surface area contributed by atoms with Crippen molar-refractivity contribution >= 4 is 0 Å². The predicted octanol–water partition coefficient (Wildman–Crippen LogP) is 2.22. The Morgan fingerprint density at radius 3 is 2.60 bits per heavy atom. The molecule has 2 aliphatic carbocycles. The standard InChI is InChI=1S/C10H12/c1-7-4-5-8-9(6-7)10(8,2)3/h6-8H,1-3H3/t7-,8-/m0/s1. The van der Waals surface area contributed by atoms with Gasteiger partial charge in [-0.1, -0.05) is 31.8 Å². The molecule has 0 bridgehead atoms. The van der Waals surface area contributed by atoms with Crippen LogP contribution in [-0.2, 0) is 0 Å². The number of allylic oxidation sites excluding steroid dienone is 2. The van der Waals surface area contributed by atoms with E-state index in [9.17, 15) is 0 Å². The molecule has 2 rings (SSSR count). The molecule has 0 aliphatic heterocycles. The van der Waals surface area contributed by atoms with Gasteiger partial charge in [0, 0.05) is 11.3 Å². The molecule has 1 saturated carbocycles. The van der Waals surface area contributed by atoms with Crippen LogP contribution in [0.3, 0.4) is 0 Å². The summed E-state index contributed by atoms with van der Waals surface area (Å²) in [5, 5.41) is 0. The van der Waals surface area contributed by atoms with E-state index in [-0.39, 0.29) is 0 Å². The normalized spacial score (nSPS) is 38.9. The Kier molecular flexibility index (Phi) is 0.892. The number of hydrogen-bond acceptors (Lipinski definition) is 0. The largest absolute Gasteiger partial charge is 0.0954 e. The van der Waals surface area contributed by atoms with Crippen LogP contribution in [0, 0.1) is 29.1 Å². The van der Waals surface area contributed by atoms with Crippen molar-refractivity contribution in [1.29, 1.82) is 0 Å². The summed E-state index contributed by atoms with van der Waals surface area (Å²) in [6.07, 6.45) is 2.32. The lowest BCUT2D eigenvalue weighted by atomic mass is 10.1. The zero-order chi connectivity index (χ0) is 7.35. The van der Waals surface area contributed by atoms with E-state index < -0.39 is 0 Å². The van der Waals surface area contributed by atoms with Crippen LogP contribution in [0.5, 0.6) is 0 Å². The third-order valence-corrected chi connectivity index (χ3v) is 2.58. The third-order valence-electron chi connectivity index (χ3n) is 2.58. The van der Waals surface area contributed by atoms with E-state index in [0.717, 1.165) is 0 Å². The van der Waals surface area contributed by atoms with Gasteiger partial charge in [-0.2, -0.15) is 0 Å². The number of fused-ring (bicyclic) bond motifs is 1. The first-order valence-corrected chi connectivity index (χ1v) is 3.85. The molecule has 0 unspecified atom stereocenters. The Balaban J connectivity index is 2.36. The molecule has 2 atom stereocenters. The van der Waals surface area contributed by atoms with Gasteiger partial charge in [0.2, 0.25) is 0 Å². The maximum Gasteiger partial charge on any atom is 0.0507 e. The van der Waals surface area contributed by atoms with Crippen LogP contribution in [0.2, 0.25) is 0 Å². The van der Waals surface area contributed by atoms with Gasteiger partial charge in [-0.25, -0.2) is 0 Å². The molecule has 0 aromatic carbocycles. The van der Waals surface area contributed by atoms with Crippen LogP contribution >= 0.6 is 0 Å². The summed E-state index contributed by atoms with van der Waals surface area (Å²) in [7, 11) is 0. The molecule has 0 amide bonds. The van der Waals surface area contributed by atoms with Crippen molar-refractivity contribution in [2.24, 2.45) is 17.3 Å². The minimum Gasteiger partial charge on any atom is -0.0954 e. The fourth-order valence-corrected chi connectivity index (χ4v) is 1.68. The predicted molar refractivity (Wildman–Crippen MR) is 42.3 cm³/mol. The third kappa shape index (κ3) is 0.583. The lowest BCUT2D eigenvalue weighted by Gasteiger charge is -1.94. The lowest BCUT2D eigenvalue weighted by molar-refractivity contribution is 0.636. The Labute approximate surface area is 62.3 Å². The van der Waals surface area contributed by atoms with Crippen LogP contribution in [0.25, 0.3) is 0 Å². The van der Waals surface area contributed by atoms with Gasteiger partial charge in [-0.3, -0.25) is 0 Å². The molecule has 2 aliphatic rings. The smallest absolute Gasteiger partial charge is 0.0507 e. The molecule has 0 heterocycles. The highest BCUT2D eigenvalue weighted by Crippen LogP contribution is 2.58. The zero-order valence-corrected chi connectivity index (χ0v) is 6.73. The van der Waals surface area contributed by atoms with Gasteiger partial charge in [0.05, 0.1) is 5.92 Å². The Hall–Kier alpha value is -0.700. The van der Waals surface area contributed by atoms with E-state index in [1.54, 1.807) is 5.57 Å². The van der Waals surface area contributed by atoms with Crippen molar-refractivity contribution in [3.8, 4) is 11.8 Å². The molecular formula is C10H12. The average Bonchev–Trinajstić information content (AvgIpc) is 2.36.